The third kappa shape index (κ3) is 4.03. The van der Waals surface area contributed by atoms with Gasteiger partial charge in [-0.3, -0.25) is 4.79 Å². The Labute approximate surface area is 141 Å². The van der Waals surface area contributed by atoms with Crippen LogP contribution in [0, 0.1) is 0 Å². The van der Waals surface area contributed by atoms with Gasteiger partial charge in [0.25, 0.3) is 0 Å². The topological polar surface area (TPSA) is 52.3 Å². The molecule has 0 radical (unpaired) electrons. The molecule has 27 heavy (non-hydrogen) atoms. The normalized spacial score (nSPS) is 16.3. The van der Waals surface area contributed by atoms with E-state index < -0.39 is 60.8 Å². The molecular formula is C11H10F13NO2. The van der Waals surface area contributed by atoms with E-state index in [9.17, 15) is 61.9 Å². The molecule has 3 nitrogen and oxygen atoms in total. The number of hydrogen-bond donors (Lipinski definition) is 1. The average molecular weight is 435 g/mol. The van der Waals surface area contributed by atoms with Crippen LogP contribution in [0.2, 0.25) is 0 Å². The molecule has 0 aromatic carbocycles. The maximum Gasteiger partial charge on any atom is 0.460 e. The number of carbonyl (C=O) groups is 1. The first-order valence-corrected chi connectivity index (χ1v) is 6.49. The minimum atomic E-state index is -7.99. The van der Waals surface area contributed by atoms with Crippen LogP contribution in [-0.4, -0.2) is 54.4 Å². The molecule has 0 aliphatic heterocycles. The Balaban J connectivity index is 6.05. The van der Waals surface area contributed by atoms with E-state index in [4.69, 9.17) is 0 Å². The van der Waals surface area contributed by atoms with Gasteiger partial charge in [0.1, 0.15) is 6.04 Å². The van der Waals surface area contributed by atoms with Gasteiger partial charge in [0.2, 0.25) is 0 Å². The van der Waals surface area contributed by atoms with Crippen LogP contribution < -0.4 is 5.73 Å². The average Bonchev–Trinajstić information content (AvgIpc) is 2.44. The summed E-state index contributed by atoms with van der Waals surface area (Å²) in [4.78, 5) is 11.0. The number of ether oxygens (including phenoxy) is 1. The Morgan fingerprint density at radius 1 is 0.778 bits per heavy atom. The van der Waals surface area contributed by atoms with Gasteiger partial charge in [-0.25, -0.2) is 0 Å². The molecule has 0 aromatic rings. The van der Waals surface area contributed by atoms with Crippen LogP contribution in [0.1, 0.15) is 13.3 Å². The second-order valence-electron chi connectivity index (χ2n) is 5.06. The van der Waals surface area contributed by atoms with E-state index in [-0.39, 0.29) is 0 Å². The maximum atomic E-state index is 13.4. The summed E-state index contributed by atoms with van der Waals surface area (Å²) >= 11 is 0. The number of alkyl halides is 13. The van der Waals surface area contributed by atoms with Crippen molar-refractivity contribution in [1.82, 2.24) is 0 Å². The Morgan fingerprint density at radius 2 is 1.15 bits per heavy atom. The van der Waals surface area contributed by atoms with Gasteiger partial charge in [0.05, 0.1) is 6.61 Å². The fourth-order valence-electron chi connectivity index (χ4n) is 1.54. The molecule has 0 saturated heterocycles. The fraction of sp³-hybridized carbons (Fsp3) is 0.909. The summed E-state index contributed by atoms with van der Waals surface area (Å²) in [5.74, 6) is -39.4. The Kier molecular flexibility index (Phi) is 6.77. The Bertz CT molecular complexity index is 543. The maximum absolute atomic E-state index is 13.4. The Hall–Kier alpha value is -1.48. The zero-order chi connectivity index (χ0) is 22.3. The molecule has 0 aliphatic carbocycles. The molecule has 0 heterocycles. The highest BCUT2D eigenvalue weighted by molar-refractivity contribution is 5.75. The van der Waals surface area contributed by atoms with Crippen molar-refractivity contribution in [3.63, 3.8) is 0 Å². The summed E-state index contributed by atoms with van der Waals surface area (Å²) < 4.78 is 170. The van der Waals surface area contributed by atoms with Crippen LogP contribution in [0.3, 0.4) is 0 Å². The van der Waals surface area contributed by atoms with E-state index in [1.54, 1.807) is 0 Å². The molecule has 0 aliphatic rings. The lowest BCUT2D eigenvalue weighted by Gasteiger charge is -2.40. The summed E-state index contributed by atoms with van der Waals surface area (Å²) in [6.45, 7) is 0.520. The van der Waals surface area contributed by atoms with Gasteiger partial charge < -0.3 is 10.5 Å². The van der Waals surface area contributed by atoms with Gasteiger partial charge in [0, 0.05) is 6.42 Å². The van der Waals surface area contributed by atoms with E-state index in [0.717, 1.165) is 6.92 Å². The summed E-state index contributed by atoms with van der Waals surface area (Å²) in [5.41, 5.74) is 4.65. The zero-order valence-corrected chi connectivity index (χ0v) is 12.8. The molecular weight excluding hydrogens is 425 g/mol. The van der Waals surface area contributed by atoms with Gasteiger partial charge in [-0.05, 0) is 6.92 Å². The van der Waals surface area contributed by atoms with Crippen molar-refractivity contribution in [2.75, 3.05) is 6.61 Å². The number of nitrogens with two attached hydrogens (primary N) is 1. The van der Waals surface area contributed by atoms with Crippen LogP contribution in [0.25, 0.3) is 0 Å². The SMILES string of the molecule is CCOC(=O)C(N)CC(F)(F)C(F)(F)C(F)(F)C(F)(F)C(F)(F)C(F)(F)F. The molecule has 2 N–H and O–H groups in total. The van der Waals surface area contributed by atoms with Crippen LogP contribution in [0.4, 0.5) is 57.1 Å². The monoisotopic (exact) mass is 435 g/mol. The molecule has 0 aromatic heterocycles. The van der Waals surface area contributed by atoms with E-state index >= 15 is 0 Å². The van der Waals surface area contributed by atoms with Gasteiger partial charge in [0.15, 0.2) is 0 Å². The fourth-order valence-corrected chi connectivity index (χ4v) is 1.54. The molecule has 1 atom stereocenters. The van der Waals surface area contributed by atoms with Crippen molar-refractivity contribution in [2.45, 2.75) is 55.2 Å². The van der Waals surface area contributed by atoms with Crippen molar-refractivity contribution in [3.05, 3.63) is 0 Å². The highest BCUT2D eigenvalue weighted by Crippen LogP contribution is 2.60. The summed E-state index contributed by atoms with van der Waals surface area (Å²) in [6, 6.07) is -2.81. The first-order chi connectivity index (χ1) is 11.6. The zero-order valence-electron chi connectivity index (χ0n) is 12.8. The summed E-state index contributed by atoms with van der Waals surface area (Å²) in [7, 11) is 0. The number of rotatable bonds is 8. The molecule has 0 amide bonds. The van der Waals surface area contributed by atoms with Crippen LogP contribution in [-0.2, 0) is 9.53 Å². The molecule has 1 unspecified atom stereocenters. The lowest BCUT2D eigenvalue weighted by atomic mass is 9.91. The summed E-state index contributed by atoms with van der Waals surface area (Å²) in [6.07, 6.45) is -10.3. The third-order valence-electron chi connectivity index (χ3n) is 3.06. The van der Waals surface area contributed by atoms with Crippen LogP contribution in [0.15, 0.2) is 0 Å². The van der Waals surface area contributed by atoms with Gasteiger partial charge >= 0.3 is 41.8 Å². The molecule has 0 rings (SSSR count). The number of halogens is 13. The van der Waals surface area contributed by atoms with E-state index in [0.29, 0.717) is 0 Å². The minimum Gasteiger partial charge on any atom is -0.465 e. The third-order valence-corrected chi connectivity index (χ3v) is 3.06. The predicted molar refractivity (Wildman–Crippen MR) is 60.0 cm³/mol. The molecule has 0 bridgehead atoms. The molecule has 16 heteroatoms. The highest BCUT2D eigenvalue weighted by Gasteiger charge is 2.90. The number of esters is 1. The molecule has 0 saturated carbocycles. The van der Waals surface area contributed by atoms with Gasteiger partial charge in [-0.1, -0.05) is 0 Å². The second-order valence-corrected chi connectivity index (χ2v) is 5.06. The van der Waals surface area contributed by atoms with Gasteiger partial charge in [-0.15, -0.1) is 0 Å². The van der Waals surface area contributed by atoms with Crippen molar-refractivity contribution in [2.24, 2.45) is 5.73 Å². The lowest BCUT2D eigenvalue weighted by molar-refractivity contribution is -0.440. The quantitative estimate of drug-likeness (QED) is 0.463. The molecule has 0 fully saturated rings. The second kappa shape index (κ2) is 7.16. The number of hydrogen-bond acceptors (Lipinski definition) is 3. The van der Waals surface area contributed by atoms with Crippen molar-refractivity contribution in [1.29, 1.82) is 0 Å². The van der Waals surface area contributed by atoms with Crippen molar-refractivity contribution < 1.29 is 66.6 Å². The smallest absolute Gasteiger partial charge is 0.460 e. The number of carbonyl (C=O) groups excluding carboxylic acids is 1. The van der Waals surface area contributed by atoms with Crippen LogP contribution in [0.5, 0.6) is 0 Å². The first-order valence-electron chi connectivity index (χ1n) is 6.49. The van der Waals surface area contributed by atoms with Crippen LogP contribution >= 0.6 is 0 Å². The van der Waals surface area contributed by atoms with Gasteiger partial charge in [-0.2, -0.15) is 57.1 Å². The largest absolute Gasteiger partial charge is 0.465 e. The highest BCUT2D eigenvalue weighted by atomic mass is 19.4. The Morgan fingerprint density at radius 3 is 1.48 bits per heavy atom. The molecule has 0 spiro atoms. The van der Waals surface area contributed by atoms with E-state index in [2.05, 4.69) is 10.5 Å². The lowest BCUT2D eigenvalue weighted by Crippen LogP contribution is -2.70. The van der Waals surface area contributed by atoms with E-state index in [1.807, 2.05) is 0 Å². The van der Waals surface area contributed by atoms with Crippen molar-refractivity contribution >= 4 is 5.97 Å². The van der Waals surface area contributed by atoms with Crippen molar-refractivity contribution in [3.8, 4) is 0 Å². The molecule has 162 valence electrons. The summed E-state index contributed by atoms with van der Waals surface area (Å²) in [5, 5.41) is 0. The standard InChI is InChI=1S/C11H10F13NO2/c1-2-27-5(26)4(25)3-6(12,13)7(14,15)8(16,17)9(18,19)10(20,21)11(22,23)24/h4H,2-3,25H2,1H3. The predicted octanol–water partition coefficient (Wildman–Crippen LogP) is 4.01. The minimum absolute atomic E-state index is 0.555. The van der Waals surface area contributed by atoms with E-state index in [1.165, 1.54) is 0 Å². The first kappa shape index (κ1) is 25.5.